The van der Waals surface area contributed by atoms with Gasteiger partial charge in [-0.3, -0.25) is 0 Å². The van der Waals surface area contributed by atoms with Crippen molar-refractivity contribution in [3.05, 3.63) is 75.9 Å². The molecule has 1 heterocycles. The van der Waals surface area contributed by atoms with Gasteiger partial charge < -0.3 is 0 Å². The topological polar surface area (TPSA) is 12.4 Å². The number of rotatable bonds is 2. The summed E-state index contributed by atoms with van der Waals surface area (Å²) in [4.78, 5) is 4.77. The van der Waals surface area contributed by atoms with Gasteiger partial charge >= 0.3 is 0 Å². The van der Waals surface area contributed by atoms with Gasteiger partial charge in [-0.05, 0) is 8.09 Å². The fourth-order valence-corrected chi connectivity index (χ4v) is 3.66. The van der Waals surface area contributed by atoms with E-state index in [0.29, 0.717) is 0 Å². The second-order valence-corrected chi connectivity index (χ2v) is 5.92. The highest BCUT2D eigenvalue weighted by molar-refractivity contribution is 14.2. The number of benzene rings is 2. The summed E-state index contributed by atoms with van der Waals surface area (Å²) in [5.74, 6) is 0. The van der Waals surface area contributed by atoms with E-state index >= 15 is 0 Å². The predicted octanol–water partition coefficient (Wildman–Crippen LogP) is 4.26. The molecule has 0 saturated heterocycles. The van der Waals surface area contributed by atoms with Crippen LogP contribution in [0.3, 0.4) is 0 Å². The zero-order valence-electron chi connectivity index (χ0n) is 9.75. The predicted molar refractivity (Wildman–Crippen MR) is 87.5 cm³/mol. The van der Waals surface area contributed by atoms with Crippen molar-refractivity contribution < 1.29 is 0 Å². The summed E-state index contributed by atoms with van der Waals surface area (Å²) in [6, 6.07) is 20.8. The van der Waals surface area contributed by atoms with Crippen molar-refractivity contribution in [1.82, 2.24) is 0 Å². The molecule has 0 spiro atoms. The highest BCUT2D eigenvalue weighted by Crippen LogP contribution is 2.24. The van der Waals surface area contributed by atoms with E-state index in [1.807, 2.05) is 12.1 Å². The quantitative estimate of drug-likeness (QED) is 0.722. The van der Waals surface area contributed by atoms with E-state index in [0.717, 1.165) is 11.4 Å². The Bertz CT molecular complexity index is 584. The third-order valence-corrected chi connectivity index (χ3v) is 4.61. The summed E-state index contributed by atoms with van der Waals surface area (Å²) < 4.78 is 4.56. The Morgan fingerprint density at radius 2 is 1.33 bits per heavy atom. The molecule has 0 radical (unpaired) electrons. The molecule has 2 heteroatoms. The van der Waals surface area contributed by atoms with Gasteiger partial charge in [0.25, 0.3) is 0 Å². The van der Waals surface area contributed by atoms with Gasteiger partial charge in [0.1, 0.15) is 0 Å². The van der Waals surface area contributed by atoms with E-state index in [1.54, 1.807) is 0 Å². The molecule has 0 saturated carbocycles. The zero-order chi connectivity index (χ0) is 12.2. The molecule has 1 aliphatic rings. The number of halogens is 1. The first-order valence-electron chi connectivity index (χ1n) is 5.78. The molecule has 0 bridgehead atoms. The molecule has 0 amide bonds. The third-order valence-electron chi connectivity index (χ3n) is 2.71. The molecular formula is C16H12IN. The molecule has 3 rings (SSSR count). The fourth-order valence-electron chi connectivity index (χ4n) is 1.80. The van der Waals surface area contributed by atoms with Gasteiger partial charge in [-0.15, -0.1) is 0 Å². The van der Waals surface area contributed by atoms with Gasteiger partial charge in [0, 0.05) is 11.1 Å². The van der Waals surface area contributed by atoms with E-state index < -0.39 is 0 Å². The number of hydrogen-bond donors (Lipinski definition) is 0. The van der Waals surface area contributed by atoms with Crippen LogP contribution in [0.1, 0.15) is 11.1 Å². The number of aliphatic imine (C=N–C) groups is 1. The zero-order valence-corrected chi connectivity index (χ0v) is 11.9. The highest BCUT2D eigenvalue weighted by Gasteiger charge is 2.06. The monoisotopic (exact) mass is 345 g/mol. The first kappa shape index (κ1) is 11.5. The molecule has 0 aromatic heterocycles. The van der Waals surface area contributed by atoms with E-state index in [2.05, 4.69) is 56.6 Å². The van der Waals surface area contributed by atoms with E-state index in [4.69, 9.17) is 4.99 Å². The second kappa shape index (κ2) is 5.40. The average molecular weight is 345 g/mol. The SMILES string of the molecule is C1=IC=C(c2ccccc2)N=C1c1ccccc1. The molecule has 1 nitrogen and oxygen atoms in total. The molecule has 88 valence electrons. The average Bonchev–Trinajstić information content (AvgIpc) is 2.49. The summed E-state index contributed by atoms with van der Waals surface area (Å²) >= 11 is -0.0351. The van der Waals surface area contributed by atoms with Crippen LogP contribution in [0.15, 0.2) is 69.7 Å². The Morgan fingerprint density at radius 3 is 2.00 bits per heavy atom. The Morgan fingerprint density at radius 1 is 0.722 bits per heavy atom. The van der Waals surface area contributed by atoms with Crippen molar-refractivity contribution in [1.29, 1.82) is 0 Å². The Labute approximate surface area is 117 Å². The van der Waals surface area contributed by atoms with Crippen molar-refractivity contribution >= 4 is 36.2 Å². The lowest BCUT2D eigenvalue weighted by Gasteiger charge is -2.08. The van der Waals surface area contributed by atoms with Crippen molar-refractivity contribution in [3.8, 4) is 0 Å². The molecule has 0 unspecified atom stereocenters. The molecule has 0 aliphatic carbocycles. The summed E-state index contributed by atoms with van der Waals surface area (Å²) in [6.07, 6.45) is 0. The Balaban J connectivity index is 1.99. The van der Waals surface area contributed by atoms with Crippen molar-refractivity contribution in [3.63, 3.8) is 0 Å². The van der Waals surface area contributed by atoms with Crippen LogP contribution in [0, 0.1) is 0 Å². The minimum Gasteiger partial charge on any atom is -0.247 e. The first-order chi connectivity index (χ1) is 8.93. The Hall–Kier alpha value is -1.55. The minimum absolute atomic E-state index is 0.0351. The van der Waals surface area contributed by atoms with Gasteiger partial charge in [-0.1, -0.05) is 81.4 Å². The maximum atomic E-state index is 4.77. The summed E-state index contributed by atoms with van der Waals surface area (Å²) in [7, 11) is 0. The Kier molecular flexibility index (Phi) is 3.46. The van der Waals surface area contributed by atoms with Gasteiger partial charge in [0.2, 0.25) is 0 Å². The molecule has 0 fully saturated rings. The molecule has 0 N–H and O–H groups in total. The lowest BCUT2D eigenvalue weighted by molar-refractivity contribution is 1.51. The van der Waals surface area contributed by atoms with Crippen LogP contribution in [0.2, 0.25) is 0 Å². The van der Waals surface area contributed by atoms with Crippen LogP contribution in [0.4, 0.5) is 0 Å². The first-order valence-corrected chi connectivity index (χ1v) is 8.27. The normalized spacial score (nSPS) is 14.4. The van der Waals surface area contributed by atoms with E-state index in [9.17, 15) is 0 Å². The number of nitrogens with zero attached hydrogens (tertiary/aromatic N) is 1. The van der Waals surface area contributed by atoms with Crippen molar-refractivity contribution in [2.24, 2.45) is 4.99 Å². The summed E-state index contributed by atoms with van der Waals surface area (Å²) in [5.41, 5.74) is 4.65. The van der Waals surface area contributed by atoms with Gasteiger partial charge in [0.05, 0.1) is 11.4 Å². The van der Waals surface area contributed by atoms with E-state index in [1.165, 1.54) is 11.1 Å². The smallest absolute Gasteiger partial charge is 0.0766 e. The summed E-state index contributed by atoms with van der Waals surface area (Å²) in [6.45, 7) is 0. The maximum absolute atomic E-state index is 4.77. The minimum atomic E-state index is -0.0351. The lowest BCUT2D eigenvalue weighted by atomic mass is 10.1. The molecule has 2 aromatic rings. The molecule has 0 atom stereocenters. The van der Waals surface area contributed by atoms with Crippen LogP contribution in [-0.2, 0) is 0 Å². The van der Waals surface area contributed by atoms with Crippen LogP contribution in [-0.4, -0.2) is 9.72 Å². The van der Waals surface area contributed by atoms with Crippen LogP contribution in [0.25, 0.3) is 5.70 Å². The van der Waals surface area contributed by atoms with Crippen molar-refractivity contribution in [2.75, 3.05) is 0 Å². The maximum Gasteiger partial charge on any atom is 0.0766 e. The van der Waals surface area contributed by atoms with Crippen molar-refractivity contribution in [2.45, 2.75) is 0 Å². The molecule has 2 aromatic carbocycles. The van der Waals surface area contributed by atoms with E-state index in [-0.39, 0.29) is 20.7 Å². The number of hydrogen-bond acceptors (Lipinski definition) is 1. The molecule has 1 aliphatic heterocycles. The lowest BCUT2D eigenvalue weighted by Crippen LogP contribution is -2.03. The largest absolute Gasteiger partial charge is 0.247 e. The second-order valence-electron chi connectivity index (χ2n) is 3.96. The van der Waals surface area contributed by atoms with Crippen LogP contribution >= 0.6 is 20.7 Å². The third kappa shape index (κ3) is 2.48. The van der Waals surface area contributed by atoms with Gasteiger partial charge in [-0.2, -0.15) is 0 Å². The van der Waals surface area contributed by atoms with Crippen LogP contribution < -0.4 is 0 Å². The standard InChI is InChI=1S/C16H12IN/c1-3-7-13(8-4-1)15-11-17-12-16(18-15)14-9-5-2-6-10-14/h1-12H. The molecule has 18 heavy (non-hydrogen) atoms. The van der Waals surface area contributed by atoms with Gasteiger partial charge in [-0.25, -0.2) is 4.99 Å². The molecular weight excluding hydrogens is 333 g/mol. The fraction of sp³-hybridized carbons (Fsp3) is 0. The highest BCUT2D eigenvalue weighted by atomic mass is 127. The summed E-state index contributed by atoms with van der Waals surface area (Å²) in [5, 5.41) is 0. The van der Waals surface area contributed by atoms with Crippen LogP contribution in [0.5, 0.6) is 0 Å². The van der Waals surface area contributed by atoms with Gasteiger partial charge in [0.15, 0.2) is 0 Å².